The van der Waals surface area contributed by atoms with Crippen molar-refractivity contribution in [3.8, 4) is 5.75 Å². The second-order valence-electron chi connectivity index (χ2n) is 7.36. The van der Waals surface area contributed by atoms with Gasteiger partial charge in [0.1, 0.15) is 5.75 Å². The summed E-state index contributed by atoms with van der Waals surface area (Å²) >= 11 is 0. The summed E-state index contributed by atoms with van der Waals surface area (Å²) in [4.78, 5) is 24.0. The summed E-state index contributed by atoms with van der Waals surface area (Å²) in [5, 5.41) is 8.76. The number of hydrogen-bond donors (Lipinski definition) is 3. The van der Waals surface area contributed by atoms with Crippen molar-refractivity contribution in [2.45, 2.75) is 27.7 Å². The molecule has 0 fully saturated rings. The summed E-state index contributed by atoms with van der Waals surface area (Å²) in [5.74, 6) is 0.853. The van der Waals surface area contributed by atoms with Crippen LogP contribution in [0.15, 0.2) is 48.5 Å². The van der Waals surface area contributed by atoms with Crippen molar-refractivity contribution in [3.63, 3.8) is 0 Å². The molecule has 0 radical (unpaired) electrons. The summed E-state index contributed by atoms with van der Waals surface area (Å²) in [6.45, 7) is 8.58. The first-order chi connectivity index (χ1) is 13.3. The van der Waals surface area contributed by atoms with Crippen LogP contribution in [0.25, 0.3) is 0 Å². The van der Waals surface area contributed by atoms with Crippen molar-refractivity contribution in [3.05, 3.63) is 48.5 Å². The molecule has 0 saturated heterocycles. The van der Waals surface area contributed by atoms with E-state index in [2.05, 4.69) is 29.8 Å². The SMILES string of the molecule is CC(C)COc1cccc(NC(=O)CNc2cccc(NC(=O)C(C)C)c2)c1. The van der Waals surface area contributed by atoms with Gasteiger partial charge in [0.25, 0.3) is 0 Å². The Morgan fingerprint density at radius 3 is 2.21 bits per heavy atom. The van der Waals surface area contributed by atoms with Crippen molar-refractivity contribution in [1.29, 1.82) is 0 Å². The molecule has 0 spiro atoms. The van der Waals surface area contributed by atoms with E-state index in [9.17, 15) is 9.59 Å². The number of hydrogen-bond acceptors (Lipinski definition) is 4. The third kappa shape index (κ3) is 7.31. The van der Waals surface area contributed by atoms with Crippen molar-refractivity contribution in [2.24, 2.45) is 11.8 Å². The molecule has 150 valence electrons. The molecular weight excluding hydrogens is 354 g/mol. The first kappa shape index (κ1) is 21.3. The minimum absolute atomic E-state index is 0.0468. The standard InChI is InChI=1S/C22H29N3O3/c1-15(2)14-28-20-10-6-9-19(12-20)24-21(26)13-23-17-7-5-8-18(11-17)25-22(27)16(3)4/h5-12,15-16,23H,13-14H2,1-4H3,(H,24,26)(H,25,27). The van der Waals surface area contributed by atoms with E-state index in [0.29, 0.717) is 23.9 Å². The van der Waals surface area contributed by atoms with E-state index >= 15 is 0 Å². The summed E-state index contributed by atoms with van der Waals surface area (Å²) in [5.41, 5.74) is 2.14. The van der Waals surface area contributed by atoms with Crippen molar-refractivity contribution in [2.75, 3.05) is 29.1 Å². The molecule has 0 aliphatic carbocycles. The summed E-state index contributed by atoms with van der Waals surface area (Å²) in [6.07, 6.45) is 0. The van der Waals surface area contributed by atoms with Gasteiger partial charge in [-0.25, -0.2) is 0 Å². The third-order valence-electron chi connectivity index (χ3n) is 3.81. The van der Waals surface area contributed by atoms with E-state index in [1.807, 2.05) is 56.3 Å². The van der Waals surface area contributed by atoms with Gasteiger partial charge in [0.2, 0.25) is 11.8 Å². The number of rotatable bonds is 9. The normalized spacial score (nSPS) is 10.6. The lowest BCUT2D eigenvalue weighted by molar-refractivity contribution is -0.119. The van der Waals surface area contributed by atoms with Crippen LogP contribution in [0, 0.1) is 11.8 Å². The number of amides is 2. The molecule has 0 aliphatic heterocycles. The first-order valence-corrected chi connectivity index (χ1v) is 9.51. The van der Waals surface area contributed by atoms with Crippen LogP contribution in [0.4, 0.5) is 17.1 Å². The van der Waals surface area contributed by atoms with Crippen LogP contribution in [0.2, 0.25) is 0 Å². The molecule has 0 aliphatic rings. The molecule has 0 unspecified atom stereocenters. The zero-order valence-electron chi connectivity index (χ0n) is 16.9. The molecule has 6 nitrogen and oxygen atoms in total. The molecule has 0 saturated carbocycles. The van der Waals surface area contributed by atoms with E-state index in [0.717, 1.165) is 11.4 Å². The van der Waals surface area contributed by atoms with Crippen LogP contribution in [0.5, 0.6) is 5.75 Å². The molecular formula is C22H29N3O3. The summed E-state index contributed by atoms with van der Waals surface area (Å²) in [7, 11) is 0. The Balaban J connectivity index is 1.87. The van der Waals surface area contributed by atoms with E-state index in [4.69, 9.17) is 4.74 Å². The minimum atomic E-state index is -0.169. The van der Waals surface area contributed by atoms with Crippen LogP contribution >= 0.6 is 0 Å². The maximum atomic E-state index is 12.2. The van der Waals surface area contributed by atoms with Gasteiger partial charge in [-0.15, -0.1) is 0 Å². The van der Waals surface area contributed by atoms with Gasteiger partial charge in [0, 0.05) is 29.0 Å². The number of carbonyl (C=O) groups excluding carboxylic acids is 2. The van der Waals surface area contributed by atoms with Gasteiger partial charge in [-0.2, -0.15) is 0 Å². The molecule has 0 atom stereocenters. The molecule has 2 rings (SSSR count). The van der Waals surface area contributed by atoms with Crippen LogP contribution < -0.4 is 20.7 Å². The molecule has 28 heavy (non-hydrogen) atoms. The van der Waals surface area contributed by atoms with E-state index in [1.54, 1.807) is 6.07 Å². The molecule has 2 amide bonds. The van der Waals surface area contributed by atoms with Gasteiger partial charge in [-0.05, 0) is 36.2 Å². The first-order valence-electron chi connectivity index (χ1n) is 9.51. The number of nitrogens with one attached hydrogen (secondary N) is 3. The monoisotopic (exact) mass is 383 g/mol. The van der Waals surface area contributed by atoms with Crippen molar-refractivity contribution >= 4 is 28.9 Å². The Morgan fingerprint density at radius 2 is 1.54 bits per heavy atom. The average Bonchev–Trinajstić information content (AvgIpc) is 2.65. The van der Waals surface area contributed by atoms with Crippen LogP contribution in [-0.4, -0.2) is 25.0 Å². The van der Waals surface area contributed by atoms with Gasteiger partial charge < -0.3 is 20.7 Å². The van der Waals surface area contributed by atoms with Gasteiger partial charge in [0.15, 0.2) is 0 Å². The quantitative estimate of drug-likeness (QED) is 0.601. The molecule has 0 aromatic heterocycles. The molecule has 2 aromatic carbocycles. The van der Waals surface area contributed by atoms with Crippen molar-refractivity contribution < 1.29 is 14.3 Å². The van der Waals surface area contributed by atoms with Crippen LogP contribution in [0.3, 0.4) is 0 Å². The Kier molecular flexibility index (Phi) is 7.87. The third-order valence-corrected chi connectivity index (χ3v) is 3.81. The number of anilines is 3. The van der Waals surface area contributed by atoms with E-state index < -0.39 is 0 Å². The molecule has 0 heterocycles. The molecule has 0 bridgehead atoms. The second kappa shape index (κ2) is 10.3. The van der Waals surface area contributed by atoms with Gasteiger partial charge in [0.05, 0.1) is 13.2 Å². The highest BCUT2D eigenvalue weighted by atomic mass is 16.5. The maximum Gasteiger partial charge on any atom is 0.243 e. The van der Waals surface area contributed by atoms with Gasteiger partial charge in [-0.1, -0.05) is 39.8 Å². The maximum absolute atomic E-state index is 12.2. The Labute approximate surface area is 166 Å². The largest absolute Gasteiger partial charge is 0.493 e. The van der Waals surface area contributed by atoms with Crippen LogP contribution in [-0.2, 0) is 9.59 Å². The summed E-state index contributed by atoms with van der Waals surface area (Å²) < 4.78 is 5.68. The topological polar surface area (TPSA) is 79.5 Å². The van der Waals surface area contributed by atoms with E-state index in [1.165, 1.54) is 0 Å². The zero-order chi connectivity index (χ0) is 20.5. The number of ether oxygens (including phenoxy) is 1. The minimum Gasteiger partial charge on any atom is -0.493 e. The lowest BCUT2D eigenvalue weighted by Crippen LogP contribution is -2.22. The second-order valence-corrected chi connectivity index (χ2v) is 7.36. The smallest absolute Gasteiger partial charge is 0.243 e. The highest BCUT2D eigenvalue weighted by Gasteiger charge is 2.08. The Morgan fingerprint density at radius 1 is 0.893 bits per heavy atom. The number of carbonyl (C=O) groups is 2. The van der Waals surface area contributed by atoms with Gasteiger partial charge >= 0.3 is 0 Å². The highest BCUT2D eigenvalue weighted by molar-refractivity contribution is 5.94. The number of benzene rings is 2. The Hall–Kier alpha value is -3.02. The van der Waals surface area contributed by atoms with E-state index in [-0.39, 0.29) is 24.3 Å². The molecule has 3 N–H and O–H groups in total. The van der Waals surface area contributed by atoms with Crippen molar-refractivity contribution in [1.82, 2.24) is 0 Å². The predicted octanol–water partition coefficient (Wildman–Crippen LogP) is 4.37. The van der Waals surface area contributed by atoms with Crippen LogP contribution in [0.1, 0.15) is 27.7 Å². The zero-order valence-corrected chi connectivity index (χ0v) is 16.9. The fourth-order valence-electron chi connectivity index (χ4n) is 2.31. The van der Waals surface area contributed by atoms with Gasteiger partial charge in [-0.3, -0.25) is 9.59 Å². The fourth-order valence-corrected chi connectivity index (χ4v) is 2.31. The lowest BCUT2D eigenvalue weighted by atomic mass is 10.2. The highest BCUT2D eigenvalue weighted by Crippen LogP contribution is 2.19. The summed E-state index contributed by atoms with van der Waals surface area (Å²) in [6, 6.07) is 14.6. The lowest BCUT2D eigenvalue weighted by Gasteiger charge is -2.12. The molecule has 2 aromatic rings. The predicted molar refractivity (Wildman–Crippen MR) is 114 cm³/mol. The fraction of sp³-hybridized carbons (Fsp3) is 0.364. The Bertz CT molecular complexity index is 803. The molecule has 6 heteroatoms. The average molecular weight is 383 g/mol.